The molecule has 0 saturated carbocycles. The Labute approximate surface area is 112 Å². The van der Waals surface area contributed by atoms with Crippen molar-refractivity contribution in [3.05, 3.63) is 28.8 Å². The number of carbonyl (C=O) groups excluding carboxylic acids is 1. The molecule has 96 valence electrons. The van der Waals surface area contributed by atoms with E-state index in [1.165, 1.54) is 0 Å². The zero-order valence-corrected chi connectivity index (χ0v) is 11.0. The topological polar surface area (TPSA) is 64.9 Å². The third kappa shape index (κ3) is 4.64. The smallest absolute Gasteiger partial charge is 0.239 e. The van der Waals surface area contributed by atoms with Crippen LogP contribution in [-0.2, 0) is 4.79 Å². The summed E-state index contributed by atoms with van der Waals surface area (Å²) in [4.78, 5) is 11.5. The first-order valence-corrected chi connectivity index (χ1v) is 6.25. The number of anilines is 1. The normalized spacial score (nSPS) is 9.61. The molecule has 0 aliphatic rings. The van der Waals surface area contributed by atoms with Crippen LogP contribution in [0.5, 0.6) is 0 Å². The first-order chi connectivity index (χ1) is 8.67. The van der Waals surface area contributed by atoms with E-state index in [9.17, 15) is 4.79 Å². The summed E-state index contributed by atoms with van der Waals surface area (Å²) in [5.74, 6) is -0.0659. The molecule has 0 aromatic heterocycles. The highest BCUT2D eigenvalue weighted by molar-refractivity contribution is 6.33. The van der Waals surface area contributed by atoms with E-state index in [1.807, 2.05) is 6.07 Å². The summed E-state index contributed by atoms with van der Waals surface area (Å²) in [6.45, 7) is 2.94. The average Bonchev–Trinajstić information content (AvgIpc) is 2.37. The van der Waals surface area contributed by atoms with E-state index in [-0.39, 0.29) is 12.5 Å². The Morgan fingerprint density at radius 1 is 1.50 bits per heavy atom. The van der Waals surface area contributed by atoms with Crippen molar-refractivity contribution in [3.63, 3.8) is 0 Å². The lowest BCUT2D eigenvalue weighted by atomic mass is 10.2. The molecule has 5 heteroatoms. The molecule has 1 rings (SSSR count). The largest absolute Gasteiger partial charge is 0.375 e. The Bertz CT molecular complexity index is 454. The first-order valence-electron chi connectivity index (χ1n) is 5.87. The minimum Gasteiger partial charge on any atom is -0.375 e. The van der Waals surface area contributed by atoms with Gasteiger partial charge in [0.2, 0.25) is 5.91 Å². The van der Waals surface area contributed by atoms with E-state index in [1.54, 1.807) is 18.2 Å². The standard InChI is InChI=1S/C13H16ClN3O/c1-2-3-6-16-13(18)9-17-12-5-4-10(8-15)7-11(12)14/h4-5,7,17H,2-3,6,9H2,1H3,(H,16,18). The van der Waals surface area contributed by atoms with Gasteiger partial charge in [-0.2, -0.15) is 5.26 Å². The lowest BCUT2D eigenvalue weighted by Crippen LogP contribution is -2.30. The first kappa shape index (κ1) is 14.3. The SMILES string of the molecule is CCCCNC(=O)CNc1ccc(C#N)cc1Cl. The van der Waals surface area contributed by atoms with Crippen molar-refractivity contribution >= 4 is 23.2 Å². The molecule has 0 saturated heterocycles. The summed E-state index contributed by atoms with van der Waals surface area (Å²) in [5, 5.41) is 14.9. The van der Waals surface area contributed by atoms with E-state index in [0.717, 1.165) is 12.8 Å². The third-order valence-electron chi connectivity index (χ3n) is 2.39. The molecule has 1 aromatic rings. The molecule has 0 spiro atoms. The second kappa shape index (κ2) is 7.57. The number of hydrogen-bond acceptors (Lipinski definition) is 3. The molecule has 4 nitrogen and oxygen atoms in total. The Morgan fingerprint density at radius 2 is 2.28 bits per heavy atom. The van der Waals surface area contributed by atoms with Crippen LogP contribution >= 0.6 is 11.6 Å². The molecule has 1 amide bonds. The fourth-order valence-electron chi connectivity index (χ4n) is 1.37. The lowest BCUT2D eigenvalue weighted by Gasteiger charge is -2.09. The Balaban J connectivity index is 2.44. The van der Waals surface area contributed by atoms with Crippen LogP contribution in [0.1, 0.15) is 25.3 Å². The molecule has 0 aliphatic carbocycles. The predicted octanol–water partition coefficient (Wildman–Crippen LogP) is 2.54. The summed E-state index contributed by atoms with van der Waals surface area (Å²) in [6, 6.07) is 6.92. The van der Waals surface area contributed by atoms with Crippen molar-refractivity contribution < 1.29 is 4.79 Å². The number of halogens is 1. The monoisotopic (exact) mass is 265 g/mol. The van der Waals surface area contributed by atoms with Gasteiger partial charge in [0, 0.05) is 6.54 Å². The van der Waals surface area contributed by atoms with Crippen LogP contribution < -0.4 is 10.6 Å². The zero-order chi connectivity index (χ0) is 13.4. The minimum absolute atomic E-state index is 0.0659. The van der Waals surface area contributed by atoms with Crippen molar-refractivity contribution in [1.29, 1.82) is 5.26 Å². The molecule has 18 heavy (non-hydrogen) atoms. The molecule has 0 aliphatic heterocycles. The lowest BCUT2D eigenvalue weighted by molar-refractivity contribution is -0.119. The second-order valence-corrected chi connectivity index (χ2v) is 4.27. The van der Waals surface area contributed by atoms with Gasteiger partial charge in [-0.25, -0.2) is 0 Å². The van der Waals surface area contributed by atoms with Gasteiger partial charge >= 0.3 is 0 Å². The van der Waals surface area contributed by atoms with Crippen LogP contribution in [0.4, 0.5) is 5.69 Å². The molecular formula is C13H16ClN3O. The third-order valence-corrected chi connectivity index (χ3v) is 2.70. The van der Waals surface area contributed by atoms with Gasteiger partial charge in [0.25, 0.3) is 0 Å². The quantitative estimate of drug-likeness (QED) is 0.777. The van der Waals surface area contributed by atoms with E-state index in [4.69, 9.17) is 16.9 Å². The van der Waals surface area contributed by atoms with Gasteiger partial charge in [-0.15, -0.1) is 0 Å². The van der Waals surface area contributed by atoms with Gasteiger partial charge < -0.3 is 10.6 Å². The maximum absolute atomic E-state index is 11.5. The molecule has 0 bridgehead atoms. The Morgan fingerprint density at radius 3 is 2.89 bits per heavy atom. The van der Waals surface area contributed by atoms with Crippen molar-refractivity contribution in [3.8, 4) is 6.07 Å². The number of benzene rings is 1. The number of unbranched alkanes of at least 4 members (excludes halogenated alkanes) is 1. The van der Waals surface area contributed by atoms with E-state index < -0.39 is 0 Å². The fraction of sp³-hybridized carbons (Fsp3) is 0.385. The highest BCUT2D eigenvalue weighted by Gasteiger charge is 2.04. The van der Waals surface area contributed by atoms with E-state index in [2.05, 4.69) is 17.6 Å². The van der Waals surface area contributed by atoms with Crippen LogP contribution in [0.2, 0.25) is 5.02 Å². The molecule has 0 unspecified atom stereocenters. The number of hydrogen-bond donors (Lipinski definition) is 2. The Hall–Kier alpha value is -1.73. The molecule has 0 heterocycles. The molecule has 0 radical (unpaired) electrons. The van der Waals surface area contributed by atoms with Gasteiger partial charge in [0.15, 0.2) is 0 Å². The summed E-state index contributed by atoms with van der Waals surface area (Å²) in [7, 11) is 0. The van der Waals surface area contributed by atoms with Crippen molar-refractivity contribution in [2.45, 2.75) is 19.8 Å². The van der Waals surface area contributed by atoms with Crippen molar-refractivity contribution in [1.82, 2.24) is 5.32 Å². The number of nitrogens with one attached hydrogen (secondary N) is 2. The summed E-state index contributed by atoms with van der Waals surface area (Å²) >= 11 is 5.97. The summed E-state index contributed by atoms with van der Waals surface area (Å²) < 4.78 is 0. The van der Waals surface area contributed by atoms with Gasteiger partial charge in [-0.05, 0) is 24.6 Å². The fourth-order valence-corrected chi connectivity index (χ4v) is 1.62. The summed E-state index contributed by atoms with van der Waals surface area (Å²) in [5.41, 5.74) is 1.15. The molecular weight excluding hydrogens is 250 g/mol. The van der Waals surface area contributed by atoms with E-state index >= 15 is 0 Å². The number of rotatable bonds is 6. The molecule has 1 aromatic carbocycles. The van der Waals surface area contributed by atoms with E-state index in [0.29, 0.717) is 22.8 Å². The summed E-state index contributed by atoms with van der Waals surface area (Å²) in [6.07, 6.45) is 2.03. The number of amides is 1. The number of carbonyl (C=O) groups is 1. The highest BCUT2D eigenvalue weighted by Crippen LogP contribution is 2.22. The van der Waals surface area contributed by atoms with Gasteiger partial charge in [-0.3, -0.25) is 4.79 Å². The highest BCUT2D eigenvalue weighted by atomic mass is 35.5. The molecule has 0 atom stereocenters. The zero-order valence-electron chi connectivity index (χ0n) is 10.3. The minimum atomic E-state index is -0.0659. The van der Waals surface area contributed by atoms with Crippen LogP contribution in [0.25, 0.3) is 0 Å². The van der Waals surface area contributed by atoms with Crippen LogP contribution in [0, 0.1) is 11.3 Å². The van der Waals surface area contributed by atoms with Gasteiger partial charge in [-0.1, -0.05) is 24.9 Å². The van der Waals surface area contributed by atoms with Crippen LogP contribution in [0.15, 0.2) is 18.2 Å². The van der Waals surface area contributed by atoms with Crippen molar-refractivity contribution in [2.75, 3.05) is 18.4 Å². The second-order valence-electron chi connectivity index (χ2n) is 3.86. The van der Waals surface area contributed by atoms with Crippen molar-refractivity contribution in [2.24, 2.45) is 0 Å². The number of nitriles is 1. The molecule has 0 fully saturated rings. The Kier molecular flexibility index (Phi) is 6.03. The maximum atomic E-state index is 11.5. The molecule has 2 N–H and O–H groups in total. The maximum Gasteiger partial charge on any atom is 0.239 e. The van der Waals surface area contributed by atoms with Crippen LogP contribution in [0.3, 0.4) is 0 Å². The average molecular weight is 266 g/mol. The van der Waals surface area contributed by atoms with Gasteiger partial charge in [0.05, 0.1) is 28.9 Å². The van der Waals surface area contributed by atoms with Gasteiger partial charge in [0.1, 0.15) is 0 Å². The van der Waals surface area contributed by atoms with Crippen LogP contribution in [-0.4, -0.2) is 19.0 Å². The number of nitrogens with zero attached hydrogens (tertiary/aromatic N) is 1. The predicted molar refractivity (Wildman–Crippen MR) is 72.6 cm³/mol.